The molecule has 1 aromatic carbocycles. The number of para-hydroxylation sites is 1. The highest BCUT2D eigenvalue weighted by Crippen LogP contribution is 2.26. The van der Waals surface area contributed by atoms with Crippen molar-refractivity contribution in [3.63, 3.8) is 0 Å². The van der Waals surface area contributed by atoms with Gasteiger partial charge in [-0.05, 0) is 17.9 Å². The van der Waals surface area contributed by atoms with Crippen LogP contribution in [0.25, 0.3) is 0 Å². The minimum absolute atomic E-state index is 0.212. The molecule has 0 saturated heterocycles. The first-order valence-electron chi connectivity index (χ1n) is 5.02. The minimum Gasteiger partial charge on any atom is -0.394 e. The summed E-state index contributed by atoms with van der Waals surface area (Å²) in [4.78, 5) is 1.17. The van der Waals surface area contributed by atoms with E-state index in [9.17, 15) is 5.11 Å². The zero-order chi connectivity index (χ0) is 11.1. The van der Waals surface area contributed by atoms with Gasteiger partial charge in [0.1, 0.15) is 0 Å². The van der Waals surface area contributed by atoms with Crippen molar-refractivity contribution in [2.45, 2.75) is 17.9 Å². The Hall–Kier alpha value is -0.710. The molecule has 0 bridgehead atoms. The summed E-state index contributed by atoms with van der Waals surface area (Å²) in [5, 5.41) is 21.0. The SMILES string of the molecule is CCSc1ccccc1NCC(O)CO. The van der Waals surface area contributed by atoms with Crippen molar-refractivity contribution in [3.05, 3.63) is 24.3 Å². The van der Waals surface area contributed by atoms with Gasteiger partial charge in [0.05, 0.1) is 12.7 Å². The number of nitrogens with one attached hydrogen (secondary N) is 1. The van der Waals surface area contributed by atoms with Crippen LogP contribution in [0.3, 0.4) is 0 Å². The van der Waals surface area contributed by atoms with Crippen molar-refractivity contribution >= 4 is 17.4 Å². The zero-order valence-corrected chi connectivity index (χ0v) is 9.63. The maximum absolute atomic E-state index is 9.22. The van der Waals surface area contributed by atoms with Crippen molar-refractivity contribution < 1.29 is 10.2 Å². The lowest BCUT2D eigenvalue weighted by Crippen LogP contribution is -2.23. The van der Waals surface area contributed by atoms with E-state index in [2.05, 4.69) is 12.2 Å². The second-order valence-corrected chi connectivity index (χ2v) is 4.45. The Morgan fingerprint density at radius 3 is 2.80 bits per heavy atom. The second-order valence-electron chi connectivity index (χ2n) is 3.15. The van der Waals surface area contributed by atoms with Crippen LogP contribution < -0.4 is 5.32 Å². The highest BCUT2D eigenvalue weighted by atomic mass is 32.2. The van der Waals surface area contributed by atoms with Crippen LogP contribution >= 0.6 is 11.8 Å². The Morgan fingerprint density at radius 1 is 1.40 bits per heavy atom. The van der Waals surface area contributed by atoms with Gasteiger partial charge in [0.15, 0.2) is 0 Å². The van der Waals surface area contributed by atoms with Crippen molar-refractivity contribution in [2.24, 2.45) is 0 Å². The molecule has 1 atom stereocenters. The highest BCUT2D eigenvalue weighted by molar-refractivity contribution is 7.99. The maximum atomic E-state index is 9.22. The van der Waals surface area contributed by atoms with E-state index in [1.54, 1.807) is 11.8 Å². The number of rotatable bonds is 6. The molecule has 0 fully saturated rings. The minimum atomic E-state index is -0.704. The van der Waals surface area contributed by atoms with Crippen LogP contribution in [-0.4, -0.2) is 35.2 Å². The van der Waals surface area contributed by atoms with E-state index in [1.165, 1.54) is 4.90 Å². The van der Waals surface area contributed by atoms with Gasteiger partial charge in [0, 0.05) is 17.1 Å². The molecule has 0 aliphatic carbocycles. The Balaban J connectivity index is 2.58. The second kappa shape index (κ2) is 6.71. The summed E-state index contributed by atoms with van der Waals surface area (Å²) >= 11 is 1.75. The molecule has 4 heteroatoms. The summed E-state index contributed by atoms with van der Waals surface area (Å²) < 4.78 is 0. The van der Waals surface area contributed by atoms with Crippen molar-refractivity contribution in [1.29, 1.82) is 0 Å². The maximum Gasteiger partial charge on any atom is 0.0942 e. The molecule has 1 unspecified atom stereocenters. The van der Waals surface area contributed by atoms with Crippen LogP contribution in [0.1, 0.15) is 6.92 Å². The summed E-state index contributed by atoms with van der Waals surface area (Å²) in [5.74, 6) is 1.02. The van der Waals surface area contributed by atoms with Gasteiger partial charge in [-0.15, -0.1) is 11.8 Å². The molecule has 0 aliphatic heterocycles. The average Bonchev–Trinajstić information content (AvgIpc) is 2.28. The quantitative estimate of drug-likeness (QED) is 0.646. The van der Waals surface area contributed by atoms with E-state index in [0.717, 1.165) is 11.4 Å². The third-order valence-corrected chi connectivity index (χ3v) is 2.88. The van der Waals surface area contributed by atoms with Gasteiger partial charge in [0.25, 0.3) is 0 Å². The van der Waals surface area contributed by atoms with Gasteiger partial charge < -0.3 is 15.5 Å². The normalized spacial score (nSPS) is 12.5. The number of benzene rings is 1. The fourth-order valence-corrected chi connectivity index (χ4v) is 1.97. The lowest BCUT2D eigenvalue weighted by Gasteiger charge is -2.13. The topological polar surface area (TPSA) is 52.5 Å². The molecule has 0 radical (unpaired) electrons. The van der Waals surface area contributed by atoms with E-state index in [0.29, 0.717) is 6.54 Å². The van der Waals surface area contributed by atoms with Gasteiger partial charge in [-0.3, -0.25) is 0 Å². The van der Waals surface area contributed by atoms with Crippen molar-refractivity contribution in [1.82, 2.24) is 0 Å². The average molecular weight is 227 g/mol. The Kier molecular flexibility index (Phi) is 5.53. The van der Waals surface area contributed by atoms with Gasteiger partial charge in [0.2, 0.25) is 0 Å². The monoisotopic (exact) mass is 227 g/mol. The lowest BCUT2D eigenvalue weighted by atomic mass is 10.3. The summed E-state index contributed by atoms with van der Waals surface area (Å²) in [6.45, 7) is 2.26. The van der Waals surface area contributed by atoms with Crippen molar-refractivity contribution in [2.75, 3.05) is 24.2 Å². The molecule has 0 amide bonds. The van der Waals surface area contributed by atoms with E-state index in [4.69, 9.17) is 5.11 Å². The fourth-order valence-electron chi connectivity index (χ4n) is 1.19. The lowest BCUT2D eigenvalue weighted by molar-refractivity contribution is 0.105. The molecular formula is C11H17NO2S. The standard InChI is InChI=1S/C11H17NO2S/c1-2-15-11-6-4-3-5-10(11)12-7-9(14)8-13/h3-6,9,12-14H,2,7-8H2,1H3. The van der Waals surface area contributed by atoms with Crippen LogP contribution in [0.4, 0.5) is 5.69 Å². The van der Waals surface area contributed by atoms with E-state index >= 15 is 0 Å². The Morgan fingerprint density at radius 2 is 2.13 bits per heavy atom. The molecular weight excluding hydrogens is 210 g/mol. The number of aliphatic hydroxyl groups excluding tert-OH is 2. The molecule has 0 heterocycles. The Labute approximate surface area is 94.5 Å². The molecule has 0 aromatic heterocycles. The third-order valence-electron chi connectivity index (χ3n) is 1.93. The summed E-state index contributed by atoms with van der Waals surface area (Å²) in [6.07, 6.45) is -0.704. The molecule has 84 valence electrons. The molecule has 1 rings (SSSR count). The zero-order valence-electron chi connectivity index (χ0n) is 8.81. The van der Waals surface area contributed by atoms with E-state index in [1.807, 2.05) is 24.3 Å². The molecule has 1 aromatic rings. The van der Waals surface area contributed by atoms with Crippen LogP contribution in [0.5, 0.6) is 0 Å². The van der Waals surface area contributed by atoms with Crippen LogP contribution in [-0.2, 0) is 0 Å². The van der Waals surface area contributed by atoms with Crippen LogP contribution in [0, 0.1) is 0 Å². The van der Waals surface area contributed by atoms with Gasteiger partial charge >= 0.3 is 0 Å². The highest BCUT2D eigenvalue weighted by Gasteiger charge is 2.04. The first-order valence-corrected chi connectivity index (χ1v) is 6.01. The first-order chi connectivity index (χ1) is 7.27. The molecule has 3 nitrogen and oxygen atoms in total. The van der Waals surface area contributed by atoms with Gasteiger partial charge in [-0.25, -0.2) is 0 Å². The smallest absolute Gasteiger partial charge is 0.0942 e. The predicted octanol–water partition coefficient (Wildman–Crippen LogP) is 1.56. The summed E-state index contributed by atoms with van der Waals surface area (Å²) in [6, 6.07) is 7.96. The van der Waals surface area contributed by atoms with E-state index < -0.39 is 6.10 Å². The molecule has 15 heavy (non-hydrogen) atoms. The van der Waals surface area contributed by atoms with Crippen molar-refractivity contribution in [3.8, 4) is 0 Å². The Bertz CT molecular complexity index is 294. The van der Waals surface area contributed by atoms with Gasteiger partial charge in [-0.1, -0.05) is 19.1 Å². The molecule has 0 saturated carbocycles. The van der Waals surface area contributed by atoms with Crippen LogP contribution in [0.2, 0.25) is 0 Å². The number of hydrogen-bond acceptors (Lipinski definition) is 4. The van der Waals surface area contributed by atoms with Crippen LogP contribution in [0.15, 0.2) is 29.2 Å². The summed E-state index contributed by atoms with van der Waals surface area (Å²) in [5.41, 5.74) is 1.01. The largest absolute Gasteiger partial charge is 0.394 e. The molecule has 3 N–H and O–H groups in total. The molecule has 0 spiro atoms. The number of thioether (sulfide) groups is 1. The fraction of sp³-hybridized carbons (Fsp3) is 0.455. The van der Waals surface area contributed by atoms with Gasteiger partial charge in [-0.2, -0.15) is 0 Å². The number of hydrogen-bond donors (Lipinski definition) is 3. The number of anilines is 1. The van der Waals surface area contributed by atoms with E-state index in [-0.39, 0.29) is 6.61 Å². The predicted molar refractivity (Wildman–Crippen MR) is 64.4 cm³/mol. The third kappa shape index (κ3) is 4.11. The first kappa shape index (κ1) is 12.4. The summed E-state index contributed by atoms with van der Waals surface area (Å²) in [7, 11) is 0. The number of aliphatic hydroxyl groups is 2. The molecule has 0 aliphatic rings.